The molecule has 0 spiro atoms. The molecule has 0 atom stereocenters. The molecule has 0 aliphatic carbocycles. The van der Waals surface area contributed by atoms with E-state index in [1.807, 2.05) is 0 Å². The molecule has 0 aliphatic heterocycles. The highest BCUT2D eigenvalue weighted by Crippen LogP contribution is 2.30. The normalized spacial score (nSPS) is 12.3. The summed E-state index contributed by atoms with van der Waals surface area (Å²) in [5.74, 6) is -0.518. The van der Waals surface area contributed by atoms with Crippen molar-refractivity contribution < 1.29 is 26.3 Å². The lowest BCUT2D eigenvalue weighted by atomic mass is 10.3. The minimum atomic E-state index is -4.65. The van der Waals surface area contributed by atoms with E-state index in [4.69, 9.17) is 0 Å². The van der Waals surface area contributed by atoms with Crippen LogP contribution in [-0.2, 0) is 12.4 Å². The summed E-state index contributed by atoms with van der Waals surface area (Å²) in [5, 5.41) is 14.9. The van der Waals surface area contributed by atoms with Crippen LogP contribution in [0.4, 0.5) is 38.0 Å². The van der Waals surface area contributed by atoms with Crippen molar-refractivity contribution in [3.8, 4) is 0 Å². The quantitative estimate of drug-likeness (QED) is 0.864. The van der Waals surface area contributed by atoms with Gasteiger partial charge in [0.25, 0.3) is 0 Å². The van der Waals surface area contributed by atoms with E-state index in [1.165, 1.54) is 0 Å². The zero-order valence-electron chi connectivity index (χ0n) is 9.87. The average molecular weight is 309 g/mol. The van der Waals surface area contributed by atoms with E-state index in [-0.39, 0.29) is 11.6 Å². The Morgan fingerprint density at radius 3 is 2.05 bits per heavy atom. The fraction of sp³-hybridized carbons (Fsp3) is 0.200. The Morgan fingerprint density at radius 1 is 0.810 bits per heavy atom. The summed E-state index contributed by atoms with van der Waals surface area (Å²) in [7, 11) is 0. The first-order valence-electron chi connectivity index (χ1n) is 5.24. The summed E-state index contributed by atoms with van der Waals surface area (Å²) >= 11 is 0. The van der Waals surface area contributed by atoms with Crippen LogP contribution in [0.2, 0.25) is 0 Å². The van der Waals surface area contributed by atoms with Gasteiger partial charge in [-0.15, -0.1) is 15.3 Å². The molecule has 0 saturated carbocycles. The van der Waals surface area contributed by atoms with Crippen LogP contribution in [0, 0.1) is 0 Å². The summed E-state index contributed by atoms with van der Waals surface area (Å²) in [6, 6.07) is 2.19. The van der Waals surface area contributed by atoms with Crippen molar-refractivity contribution in [2.75, 3.05) is 5.32 Å². The van der Waals surface area contributed by atoms with Crippen LogP contribution in [0.1, 0.15) is 11.3 Å². The molecule has 0 bridgehead atoms. The van der Waals surface area contributed by atoms with Gasteiger partial charge in [0.15, 0.2) is 17.3 Å². The zero-order chi connectivity index (χ0) is 15.7. The van der Waals surface area contributed by atoms with E-state index in [0.717, 1.165) is 6.07 Å². The van der Waals surface area contributed by atoms with Gasteiger partial charge >= 0.3 is 12.4 Å². The lowest BCUT2D eigenvalue weighted by Gasteiger charge is -2.09. The highest BCUT2D eigenvalue weighted by Gasteiger charge is 2.33. The van der Waals surface area contributed by atoms with Crippen LogP contribution in [0.3, 0.4) is 0 Å². The van der Waals surface area contributed by atoms with Crippen molar-refractivity contribution in [3.05, 3.63) is 35.7 Å². The first-order chi connectivity index (χ1) is 9.66. The number of anilines is 2. The van der Waals surface area contributed by atoms with Gasteiger partial charge in [-0.05, 0) is 18.2 Å². The molecule has 2 rings (SSSR count). The Labute approximate surface area is 113 Å². The summed E-state index contributed by atoms with van der Waals surface area (Å²) in [6.45, 7) is 0. The lowest BCUT2D eigenvalue weighted by Crippen LogP contribution is -2.10. The van der Waals surface area contributed by atoms with Crippen molar-refractivity contribution in [2.24, 2.45) is 0 Å². The summed E-state index contributed by atoms with van der Waals surface area (Å²) in [6.07, 6.45) is -8.75. The average Bonchev–Trinajstić information content (AvgIpc) is 2.37. The number of hydrogen-bond donors (Lipinski definition) is 1. The minimum absolute atomic E-state index is 0.198. The number of halogens is 6. The molecule has 0 radical (unpaired) electrons. The summed E-state index contributed by atoms with van der Waals surface area (Å²) in [4.78, 5) is 0. The molecular weight excluding hydrogens is 304 g/mol. The van der Waals surface area contributed by atoms with E-state index in [2.05, 4.69) is 25.7 Å². The predicted molar refractivity (Wildman–Crippen MR) is 57.4 cm³/mol. The molecule has 2 aromatic heterocycles. The van der Waals surface area contributed by atoms with E-state index in [0.29, 0.717) is 18.3 Å². The molecule has 0 unspecified atom stereocenters. The Bertz CT molecular complexity index is 621. The Hall–Kier alpha value is -2.46. The van der Waals surface area contributed by atoms with Gasteiger partial charge in [-0.25, -0.2) is 0 Å². The molecule has 2 aromatic rings. The molecule has 0 fully saturated rings. The first-order valence-corrected chi connectivity index (χ1v) is 5.24. The van der Waals surface area contributed by atoms with Crippen molar-refractivity contribution in [3.63, 3.8) is 0 Å². The third-order valence-corrected chi connectivity index (χ3v) is 2.19. The maximum Gasteiger partial charge on any atom is 0.435 e. The fourth-order valence-electron chi connectivity index (χ4n) is 1.26. The molecular formula is C10H5F6N5. The number of aromatic nitrogens is 4. The van der Waals surface area contributed by atoms with Crippen molar-refractivity contribution in [1.82, 2.24) is 20.4 Å². The maximum absolute atomic E-state index is 12.4. The van der Waals surface area contributed by atoms with E-state index in [9.17, 15) is 26.3 Å². The van der Waals surface area contributed by atoms with Gasteiger partial charge in [0, 0.05) is 0 Å². The maximum atomic E-state index is 12.4. The van der Waals surface area contributed by atoms with Gasteiger partial charge in [-0.1, -0.05) is 0 Å². The largest absolute Gasteiger partial charge is 0.435 e. The molecule has 21 heavy (non-hydrogen) atoms. The van der Waals surface area contributed by atoms with E-state index >= 15 is 0 Å². The number of nitrogens with zero attached hydrogens (tertiary/aromatic N) is 4. The second kappa shape index (κ2) is 5.14. The van der Waals surface area contributed by atoms with Crippen LogP contribution in [0.25, 0.3) is 0 Å². The topological polar surface area (TPSA) is 63.6 Å². The number of alkyl halides is 6. The Morgan fingerprint density at radius 2 is 1.52 bits per heavy atom. The van der Waals surface area contributed by atoms with Gasteiger partial charge in [0.1, 0.15) is 0 Å². The van der Waals surface area contributed by atoms with Crippen molar-refractivity contribution in [1.29, 1.82) is 0 Å². The zero-order valence-corrected chi connectivity index (χ0v) is 9.87. The Kier molecular flexibility index (Phi) is 3.66. The molecule has 1 N–H and O–H groups in total. The second-order valence-electron chi connectivity index (χ2n) is 3.75. The summed E-state index contributed by atoms with van der Waals surface area (Å²) in [5.41, 5.74) is -2.27. The van der Waals surface area contributed by atoms with Crippen LogP contribution in [0.15, 0.2) is 24.4 Å². The predicted octanol–water partition coefficient (Wildman–Crippen LogP) is 3.05. The number of nitrogens with one attached hydrogen (secondary N) is 1. The summed E-state index contributed by atoms with van der Waals surface area (Å²) < 4.78 is 74.1. The molecule has 112 valence electrons. The Balaban J connectivity index is 2.19. The standard InChI is InChI=1S/C10H5F6N5/c11-9(12,13)5-3-8(20-17-4-5)18-7-2-1-6(19-21-7)10(14,15)16/h1-4H,(H,18,20,21). The van der Waals surface area contributed by atoms with Crippen LogP contribution in [-0.4, -0.2) is 20.4 Å². The van der Waals surface area contributed by atoms with Gasteiger partial charge in [-0.3, -0.25) is 0 Å². The monoisotopic (exact) mass is 309 g/mol. The highest BCUT2D eigenvalue weighted by molar-refractivity contribution is 5.51. The van der Waals surface area contributed by atoms with Crippen molar-refractivity contribution >= 4 is 11.6 Å². The second-order valence-corrected chi connectivity index (χ2v) is 3.75. The van der Waals surface area contributed by atoms with Crippen LogP contribution >= 0.6 is 0 Å². The van der Waals surface area contributed by atoms with Crippen LogP contribution < -0.4 is 5.32 Å². The third-order valence-electron chi connectivity index (χ3n) is 2.19. The number of hydrogen-bond acceptors (Lipinski definition) is 5. The first kappa shape index (κ1) is 14.9. The minimum Gasteiger partial charge on any atom is -0.322 e. The van der Waals surface area contributed by atoms with Gasteiger partial charge < -0.3 is 5.32 Å². The van der Waals surface area contributed by atoms with Gasteiger partial charge in [0.05, 0.1) is 11.8 Å². The lowest BCUT2D eigenvalue weighted by molar-refractivity contribution is -0.141. The smallest absolute Gasteiger partial charge is 0.322 e. The molecule has 0 saturated heterocycles. The molecule has 5 nitrogen and oxygen atoms in total. The SMILES string of the molecule is FC(F)(F)c1cnnc(Nc2ccc(C(F)(F)F)nn2)c1. The van der Waals surface area contributed by atoms with Crippen molar-refractivity contribution in [2.45, 2.75) is 12.4 Å². The molecule has 0 amide bonds. The third kappa shape index (κ3) is 3.77. The molecule has 2 heterocycles. The van der Waals surface area contributed by atoms with Gasteiger partial charge in [-0.2, -0.15) is 31.4 Å². The molecule has 0 aromatic carbocycles. The molecule has 11 heteroatoms. The van der Waals surface area contributed by atoms with Crippen LogP contribution in [0.5, 0.6) is 0 Å². The van der Waals surface area contributed by atoms with E-state index < -0.39 is 23.6 Å². The number of rotatable bonds is 2. The fourth-order valence-corrected chi connectivity index (χ4v) is 1.26. The van der Waals surface area contributed by atoms with E-state index in [1.54, 1.807) is 0 Å². The molecule has 0 aliphatic rings. The van der Waals surface area contributed by atoms with Gasteiger partial charge in [0.2, 0.25) is 0 Å². The highest BCUT2D eigenvalue weighted by atomic mass is 19.4.